The minimum absolute atomic E-state index is 0.0632. The monoisotopic (exact) mass is 550 g/mol. The fraction of sp³-hybridized carbons (Fsp3) is 0.111. The third kappa shape index (κ3) is 8.10. The van der Waals surface area contributed by atoms with Crippen molar-refractivity contribution in [1.82, 2.24) is 0 Å². The molecule has 0 aromatic heterocycles. The van der Waals surface area contributed by atoms with Gasteiger partial charge in [0.05, 0.1) is 0 Å². The van der Waals surface area contributed by atoms with Crippen LogP contribution in [0.5, 0.6) is 0 Å². The van der Waals surface area contributed by atoms with Gasteiger partial charge in [-0.3, -0.25) is 10.6 Å². The van der Waals surface area contributed by atoms with E-state index in [0.717, 1.165) is 0 Å². The number of halogens is 4. The van der Waals surface area contributed by atoms with Crippen LogP contribution in [0.15, 0.2) is 57.5 Å². The summed E-state index contributed by atoms with van der Waals surface area (Å²) < 4.78 is 11.2. The molecule has 2 amide bonds. The molecule has 0 saturated carbocycles. The summed E-state index contributed by atoms with van der Waals surface area (Å²) in [6, 6.07) is 13.3. The smallest absolute Gasteiger partial charge is 0.411 e. The molecular formula is C18H14Br2Cl2N2O4. The first-order valence-electron chi connectivity index (χ1n) is 7.75. The fourth-order valence-corrected chi connectivity index (χ4v) is 2.69. The van der Waals surface area contributed by atoms with E-state index in [0.29, 0.717) is 30.4 Å². The lowest BCUT2D eigenvalue weighted by molar-refractivity contribution is 0.169. The first-order chi connectivity index (χ1) is 13.3. The minimum atomic E-state index is -0.654. The molecule has 0 unspecified atom stereocenters. The van der Waals surface area contributed by atoms with Gasteiger partial charge in [0, 0.05) is 30.4 Å². The molecule has 2 aromatic carbocycles. The highest BCUT2D eigenvalue weighted by Crippen LogP contribution is 2.20. The zero-order valence-electron chi connectivity index (χ0n) is 14.2. The molecule has 0 atom stereocenters. The van der Waals surface area contributed by atoms with Crippen LogP contribution < -0.4 is 10.6 Å². The van der Waals surface area contributed by atoms with Crippen molar-refractivity contribution >= 4 is 78.6 Å². The Labute approximate surface area is 188 Å². The summed E-state index contributed by atoms with van der Waals surface area (Å²) in [5.41, 5.74) is 1.02. The number of carbonyl (C=O) groups is 2. The predicted octanol–water partition coefficient (Wildman–Crippen LogP) is 6.79. The van der Waals surface area contributed by atoms with Crippen molar-refractivity contribution in [3.8, 4) is 0 Å². The van der Waals surface area contributed by atoms with Gasteiger partial charge in [0.1, 0.15) is 13.2 Å². The first kappa shape index (κ1) is 22.5. The molecule has 2 rings (SSSR count). The highest BCUT2D eigenvalue weighted by atomic mass is 79.9. The second-order valence-electron chi connectivity index (χ2n) is 5.23. The lowest BCUT2D eigenvalue weighted by Crippen LogP contribution is -2.16. The maximum atomic E-state index is 11.8. The van der Waals surface area contributed by atoms with Gasteiger partial charge in [-0.1, -0.05) is 67.2 Å². The van der Waals surface area contributed by atoms with Crippen LogP contribution in [0.3, 0.4) is 0 Å². The second kappa shape index (κ2) is 11.3. The van der Waals surface area contributed by atoms with Crippen LogP contribution >= 0.6 is 55.1 Å². The molecule has 148 valence electrons. The Morgan fingerprint density at radius 3 is 1.54 bits per heavy atom. The average molecular weight is 553 g/mol. The number of amides is 2. The fourth-order valence-electron chi connectivity index (χ4n) is 1.85. The van der Waals surface area contributed by atoms with E-state index >= 15 is 0 Å². The van der Waals surface area contributed by atoms with Gasteiger partial charge in [-0.25, -0.2) is 9.59 Å². The van der Waals surface area contributed by atoms with Crippen molar-refractivity contribution in [2.45, 2.75) is 0 Å². The van der Waals surface area contributed by atoms with E-state index in [9.17, 15) is 9.59 Å². The first-order valence-corrected chi connectivity index (χ1v) is 10.1. The maximum Gasteiger partial charge on any atom is 0.411 e. The van der Waals surface area contributed by atoms with E-state index in [1.54, 1.807) is 48.5 Å². The Hall–Kier alpha value is -1.74. The number of rotatable bonds is 6. The molecule has 0 aliphatic heterocycles. The molecule has 6 nitrogen and oxygen atoms in total. The zero-order chi connectivity index (χ0) is 20.5. The van der Waals surface area contributed by atoms with Gasteiger partial charge in [0.2, 0.25) is 0 Å². The summed E-state index contributed by atoms with van der Waals surface area (Å²) in [6.07, 6.45) is -1.31. The van der Waals surface area contributed by atoms with Crippen molar-refractivity contribution in [3.63, 3.8) is 0 Å². The van der Waals surface area contributed by atoms with Gasteiger partial charge >= 0.3 is 12.2 Å². The van der Waals surface area contributed by atoms with Gasteiger partial charge in [0.25, 0.3) is 0 Å². The van der Waals surface area contributed by atoms with Gasteiger partial charge in [-0.15, -0.1) is 0 Å². The SMILES string of the molecule is O=C(Nc1cccc(Cl)c1)OCC(Br)=C(Br)COC(=O)Nc1cccc(Cl)c1. The number of anilines is 2. The van der Waals surface area contributed by atoms with Crippen molar-refractivity contribution in [2.24, 2.45) is 0 Å². The summed E-state index contributed by atoms with van der Waals surface area (Å²) in [7, 11) is 0. The summed E-state index contributed by atoms with van der Waals surface area (Å²) >= 11 is 18.2. The molecule has 0 bridgehead atoms. The summed E-state index contributed by atoms with van der Waals surface area (Å²) in [5, 5.41) is 6.09. The van der Waals surface area contributed by atoms with Gasteiger partial charge in [0.15, 0.2) is 0 Å². The highest BCUT2D eigenvalue weighted by Gasteiger charge is 2.10. The second-order valence-corrected chi connectivity index (χ2v) is 8.02. The Morgan fingerprint density at radius 2 is 1.18 bits per heavy atom. The molecular weight excluding hydrogens is 539 g/mol. The van der Waals surface area contributed by atoms with E-state index < -0.39 is 12.2 Å². The molecule has 0 aliphatic rings. The molecule has 0 spiro atoms. The quantitative estimate of drug-likeness (QED) is 0.413. The predicted molar refractivity (Wildman–Crippen MR) is 118 cm³/mol. The van der Waals surface area contributed by atoms with Crippen molar-refractivity contribution < 1.29 is 19.1 Å². The van der Waals surface area contributed by atoms with E-state index in [4.69, 9.17) is 32.7 Å². The van der Waals surface area contributed by atoms with Crippen LogP contribution in [0.4, 0.5) is 21.0 Å². The van der Waals surface area contributed by atoms with E-state index in [2.05, 4.69) is 42.5 Å². The van der Waals surface area contributed by atoms with Crippen LogP contribution in [0, 0.1) is 0 Å². The molecule has 0 aliphatic carbocycles. The largest absolute Gasteiger partial charge is 0.444 e. The van der Waals surface area contributed by atoms with E-state index in [1.165, 1.54) is 0 Å². The van der Waals surface area contributed by atoms with E-state index in [-0.39, 0.29) is 13.2 Å². The van der Waals surface area contributed by atoms with Gasteiger partial charge in [-0.2, -0.15) is 0 Å². The number of ether oxygens (including phenoxy) is 2. The minimum Gasteiger partial charge on any atom is -0.444 e. The van der Waals surface area contributed by atoms with Crippen LogP contribution in [-0.4, -0.2) is 25.4 Å². The Morgan fingerprint density at radius 1 is 0.786 bits per heavy atom. The lowest BCUT2D eigenvalue weighted by atomic mass is 10.3. The molecule has 10 heteroatoms. The van der Waals surface area contributed by atoms with Gasteiger partial charge < -0.3 is 9.47 Å². The Balaban J connectivity index is 1.77. The third-order valence-electron chi connectivity index (χ3n) is 3.10. The van der Waals surface area contributed by atoms with Crippen molar-refractivity contribution in [3.05, 3.63) is 67.5 Å². The third-order valence-corrected chi connectivity index (χ3v) is 5.51. The Kier molecular flexibility index (Phi) is 9.11. The number of carbonyl (C=O) groups excluding carboxylic acids is 2. The standard InChI is InChI=1S/C18H14Br2Cl2N2O4/c19-15(9-27-17(25)23-13-5-1-3-11(21)7-13)16(20)10-28-18(26)24-14-6-2-4-12(22)8-14/h1-8H,9-10H2,(H,23,25)(H,24,26). The van der Waals surface area contributed by atoms with Gasteiger partial charge in [-0.05, 0) is 36.4 Å². The maximum absolute atomic E-state index is 11.8. The molecule has 0 radical (unpaired) electrons. The molecule has 2 aromatic rings. The highest BCUT2D eigenvalue weighted by molar-refractivity contribution is 9.14. The molecule has 28 heavy (non-hydrogen) atoms. The lowest BCUT2D eigenvalue weighted by Gasteiger charge is -2.10. The number of nitrogens with one attached hydrogen (secondary N) is 2. The van der Waals surface area contributed by atoms with Crippen molar-refractivity contribution in [2.75, 3.05) is 23.8 Å². The number of benzene rings is 2. The molecule has 0 saturated heterocycles. The van der Waals surface area contributed by atoms with Crippen LogP contribution in [0.1, 0.15) is 0 Å². The zero-order valence-corrected chi connectivity index (χ0v) is 18.9. The number of hydrogen-bond donors (Lipinski definition) is 2. The Bertz CT molecular complexity index is 822. The molecule has 0 fully saturated rings. The van der Waals surface area contributed by atoms with Crippen LogP contribution in [0.25, 0.3) is 0 Å². The number of hydrogen-bond acceptors (Lipinski definition) is 4. The van der Waals surface area contributed by atoms with E-state index in [1.807, 2.05) is 0 Å². The molecule has 0 heterocycles. The average Bonchev–Trinajstić information content (AvgIpc) is 2.64. The summed E-state index contributed by atoms with van der Waals surface area (Å²) in [4.78, 5) is 23.6. The topological polar surface area (TPSA) is 76.7 Å². The normalized spacial score (nSPS) is 11.3. The van der Waals surface area contributed by atoms with Crippen molar-refractivity contribution in [1.29, 1.82) is 0 Å². The van der Waals surface area contributed by atoms with Crippen LogP contribution in [0.2, 0.25) is 10.0 Å². The van der Waals surface area contributed by atoms with Crippen LogP contribution in [-0.2, 0) is 9.47 Å². The summed E-state index contributed by atoms with van der Waals surface area (Å²) in [6.45, 7) is -0.126. The molecule has 2 N–H and O–H groups in total. The summed E-state index contributed by atoms with van der Waals surface area (Å²) in [5.74, 6) is 0.